The van der Waals surface area contributed by atoms with E-state index in [9.17, 15) is 4.79 Å². The first-order valence-electron chi connectivity index (χ1n) is 10.3. The van der Waals surface area contributed by atoms with Crippen LogP contribution in [0.3, 0.4) is 0 Å². The lowest BCUT2D eigenvalue weighted by Gasteiger charge is -2.27. The van der Waals surface area contributed by atoms with E-state index in [1.54, 1.807) is 18.9 Å². The highest BCUT2D eigenvalue weighted by Gasteiger charge is 2.21. The first-order chi connectivity index (χ1) is 15.2. The van der Waals surface area contributed by atoms with Gasteiger partial charge in [-0.1, -0.05) is 47.7 Å². The number of nitrogens with zero attached hydrogens (tertiary/aromatic N) is 4. The summed E-state index contributed by atoms with van der Waals surface area (Å²) in [7, 11) is 1.65. The van der Waals surface area contributed by atoms with Gasteiger partial charge in [0, 0.05) is 37.2 Å². The summed E-state index contributed by atoms with van der Waals surface area (Å²) in [5.74, 6) is 1.41. The van der Waals surface area contributed by atoms with E-state index < -0.39 is 0 Å². The molecule has 0 atom stereocenters. The zero-order chi connectivity index (χ0) is 21.6. The van der Waals surface area contributed by atoms with Gasteiger partial charge in [-0.25, -0.2) is 0 Å². The fraction of sp³-hybridized carbons (Fsp3) is 0.348. The molecule has 0 unspecified atom stereocenters. The SMILES string of the molecule is COCc1nnc(SCc2ccccc2C(=O)N2CCOCC2)n1-c1ccc(C)cc1. The molecule has 2 heterocycles. The summed E-state index contributed by atoms with van der Waals surface area (Å²) in [4.78, 5) is 14.9. The number of aryl methyl sites for hydroxylation is 1. The minimum atomic E-state index is 0.0552. The Bertz CT molecular complexity index is 1030. The van der Waals surface area contributed by atoms with Gasteiger partial charge in [-0.15, -0.1) is 10.2 Å². The molecule has 1 aliphatic heterocycles. The molecule has 0 bridgehead atoms. The third-order valence-corrected chi connectivity index (χ3v) is 6.15. The second-order valence-electron chi connectivity index (χ2n) is 7.35. The Hall–Kier alpha value is -2.68. The van der Waals surface area contributed by atoms with Crippen molar-refractivity contribution in [2.24, 2.45) is 0 Å². The van der Waals surface area contributed by atoms with Gasteiger partial charge in [0.15, 0.2) is 11.0 Å². The highest BCUT2D eigenvalue weighted by molar-refractivity contribution is 7.98. The monoisotopic (exact) mass is 438 g/mol. The Balaban J connectivity index is 1.57. The van der Waals surface area contributed by atoms with Gasteiger partial charge in [0.25, 0.3) is 5.91 Å². The van der Waals surface area contributed by atoms with E-state index in [1.165, 1.54) is 5.56 Å². The quantitative estimate of drug-likeness (QED) is 0.526. The van der Waals surface area contributed by atoms with Crippen molar-refractivity contribution < 1.29 is 14.3 Å². The van der Waals surface area contributed by atoms with E-state index in [0.29, 0.717) is 38.7 Å². The fourth-order valence-electron chi connectivity index (χ4n) is 3.50. The van der Waals surface area contributed by atoms with Gasteiger partial charge in [0.1, 0.15) is 6.61 Å². The van der Waals surface area contributed by atoms with E-state index in [0.717, 1.165) is 27.8 Å². The van der Waals surface area contributed by atoms with Crippen molar-refractivity contribution in [1.82, 2.24) is 19.7 Å². The summed E-state index contributed by atoms with van der Waals surface area (Å²) in [5.41, 5.74) is 3.89. The van der Waals surface area contributed by atoms with E-state index in [-0.39, 0.29) is 5.91 Å². The van der Waals surface area contributed by atoms with E-state index in [1.807, 2.05) is 33.7 Å². The van der Waals surface area contributed by atoms with Crippen molar-refractivity contribution in [3.63, 3.8) is 0 Å². The normalized spacial score (nSPS) is 14.1. The standard InChI is InChI=1S/C23H26N4O3S/c1-17-7-9-19(10-8-17)27-21(15-29-2)24-25-23(27)31-16-18-5-3-4-6-20(18)22(28)26-11-13-30-14-12-26/h3-10H,11-16H2,1-2H3. The molecule has 0 saturated carbocycles. The molecule has 31 heavy (non-hydrogen) atoms. The first kappa shape index (κ1) is 21.5. The number of amides is 1. The average Bonchev–Trinajstić information content (AvgIpc) is 3.21. The number of aromatic nitrogens is 3. The number of thioether (sulfide) groups is 1. The van der Waals surface area contributed by atoms with E-state index in [4.69, 9.17) is 9.47 Å². The Morgan fingerprint density at radius 2 is 1.84 bits per heavy atom. The predicted octanol–water partition coefficient (Wildman–Crippen LogP) is 3.49. The summed E-state index contributed by atoms with van der Waals surface area (Å²) in [6, 6.07) is 16.0. The molecule has 3 aromatic rings. The van der Waals surface area contributed by atoms with Crippen LogP contribution in [0, 0.1) is 6.92 Å². The molecule has 1 amide bonds. The second-order valence-corrected chi connectivity index (χ2v) is 8.30. The predicted molar refractivity (Wildman–Crippen MR) is 120 cm³/mol. The lowest BCUT2D eigenvalue weighted by atomic mass is 10.1. The van der Waals surface area contributed by atoms with Gasteiger partial charge in [-0.2, -0.15) is 0 Å². The molecular formula is C23H26N4O3S. The van der Waals surface area contributed by atoms with Gasteiger partial charge in [-0.3, -0.25) is 9.36 Å². The Kier molecular flexibility index (Phi) is 7.01. The van der Waals surface area contributed by atoms with Crippen molar-refractivity contribution in [1.29, 1.82) is 0 Å². The van der Waals surface area contributed by atoms with E-state index in [2.05, 4.69) is 41.4 Å². The minimum Gasteiger partial charge on any atom is -0.378 e. The minimum absolute atomic E-state index is 0.0552. The van der Waals surface area contributed by atoms with Crippen LogP contribution >= 0.6 is 11.8 Å². The van der Waals surface area contributed by atoms with Gasteiger partial charge in [0.2, 0.25) is 0 Å². The molecule has 162 valence electrons. The summed E-state index contributed by atoms with van der Waals surface area (Å²) in [6.07, 6.45) is 0. The van der Waals surface area contributed by atoms with Gasteiger partial charge < -0.3 is 14.4 Å². The number of hydrogen-bond acceptors (Lipinski definition) is 6. The molecular weight excluding hydrogens is 412 g/mol. The third kappa shape index (κ3) is 4.98. The topological polar surface area (TPSA) is 69.5 Å². The van der Waals surface area contributed by atoms with Crippen LogP contribution < -0.4 is 0 Å². The molecule has 1 aliphatic rings. The summed E-state index contributed by atoms with van der Waals surface area (Å²) < 4.78 is 12.7. The molecule has 8 heteroatoms. The average molecular weight is 439 g/mol. The molecule has 2 aromatic carbocycles. The summed E-state index contributed by atoms with van der Waals surface area (Å²) in [6.45, 7) is 4.86. The molecule has 1 saturated heterocycles. The maximum atomic E-state index is 13.1. The first-order valence-corrected chi connectivity index (χ1v) is 11.2. The molecule has 0 N–H and O–H groups in total. The molecule has 1 aromatic heterocycles. The maximum absolute atomic E-state index is 13.1. The van der Waals surface area contributed by atoms with Crippen LogP contribution in [0.1, 0.15) is 27.3 Å². The molecule has 7 nitrogen and oxygen atoms in total. The summed E-state index contributed by atoms with van der Waals surface area (Å²) in [5, 5.41) is 9.49. The number of rotatable bonds is 7. The second kappa shape index (κ2) is 10.1. The molecule has 0 aliphatic carbocycles. The van der Waals surface area contributed by atoms with Crippen molar-refractivity contribution >= 4 is 17.7 Å². The highest BCUT2D eigenvalue weighted by Crippen LogP contribution is 2.27. The van der Waals surface area contributed by atoms with Crippen LogP contribution in [0.5, 0.6) is 0 Å². The molecule has 4 rings (SSSR count). The van der Waals surface area contributed by atoms with Crippen LogP contribution in [0.2, 0.25) is 0 Å². The van der Waals surface area contributed by atoms with Crippen molar-refractivity contribution in [3.05, 3.63) is 71.0 Å². The lowest BCUT2D eigenvalue weighted by Crippen LogP contribution is -2.41. The molecule has 1 fully saturated rings. The highest BCUT2D eigenvalue weighted by atomic mass is 32.2. The number of hydrogen-bond donors (Lipinski definition) is 0. The van der Waals surface area contributed by atoms with Gasteiger partial charge in [-0.05, 0) is 30.7 Å². The fourth-order valence-corrected chi connectivity index (χ4v) is 4.48. The Morgan fingerprint density at radius 1 is 1.10 bits per heavy atom. The van der Waals surface area contributed by atoms with Gasteiger partial charge >= 0.3 is 0 Å². The van der Waals surface area contributed by atoms with Crippen LogP contribution in [0.25, 0.3) is 5.69 Å². The van der Waals surface area contributed by atoms with Gasteiger partial charge in [0.05, 0.1) is 13.2 Å². The number of benzene rings is 2. The Labute approximate surface area is 186 Å². The summed E-state index contributed by atoms with van der Waals surface area (Å²) >= 11 is 1.56. The number of carbonyl (C=O) groups is 1. The van der Waals surface area contributed by atoms with Crippen LogP contribution in [-0.2, 0) is 21.8 Å². The number of methoxy groups -OCH3 is 1. The van der Waals surface area contributed by atoms with Crippen LogP contribution in [0.4, 0.5) is 0 Å². The third-order valence-electron chi connectivity index (χ3n) is 5.17. The number of carbonyl (C=O) groups excluding carboxylic acids is 1. The zero-order valence-electron chi connectivity index (χ0n) is 17.8. The van der Waals surface area contributed by atoms with Crippen molar-refractivity contribution in [2.45, 2.75) is 24.4 Å². The van der Waals surface area contributed by atoms with Crippen LogP contribution in [0.15, 0.2) is 53.7 Å². The lowest BCUT2D eigenvalue weighted by molar-refractivity contribution is 0.0302. The molecule has 0 radical (unpaired) electrons. The molecule has 0 spiro atoms. The maximum Gasteiger partial charge on any atom is 0.254 e. The number of ether oxygens (including phenoxy) is 2. The van der Waals surface area contributed by atoms with Crippen molar-refractivity contribution in [3.8, 4) is 5.69 Å². The number of morpholine rings is 1. The van der Waals surface area contributed by atoms with Crippen molar-refractivity contribution in [2.75, 3.05) is 33.4 Å². The zero-order valence-corrected chi connectivity index (χ0v) is 18.6. The smallest absolute Gasteiger partial charge is 0.254 e. The van der Waals surface area contributed by atoms with E-state index >= 15 is 0 Å². The van der Waals surface area contributed by atoms with Crippen LogP contribution in [-0.4, -0.2) is 59.0 Å². The Morgan fingerprint density at radius 3 is 2.58 bits per heavy atom. The largest absolute Gasteiger partial charge is 0.378 e.